The highest BCUT2D eigenvalue weighted by atomic mass is 35.5. The number of hydrogen-bond donors (Lipinski definition) is 2. The number of benzene rings is 2. The van der Waals surface area contributed by atoms with Crippen molar-refractivity contribution in [3.63, 3.8) is 0 Å². The number of rotatable bonds is 5. The van der Waals surface area contributed by atoms with E-state index in [2.05, 4.69) is 5.32 Å². The van der Waals surface area contributed by atoms with Crippen LogP contribution in [0.3, 0.4) is 0 Å². The SMILES string of the molecule is C[C@H](OC(=O)c1ccc(Cl)c(N)c1)C(=O)c1ccc(NC(=O)C(C)(C)C)cc1. The fourth-order valence-electron chi connectivity index (χ4n) is 2.22. The second-order valence-corrected chi connectivity index (χ2v) is 7.84. The summed E-state index contributed by atoms with van der Waals surface area (Å²) in [5.74, 6) is -1.15. The maximum atomic E-state index is 12.5. The number of nitrogens with one attached hydrogen (secondary N) is 1. The van der Waals surface area contributed by atoms with Crippen molar-refractivity contribution in [2.75, 3.05) is 11.1 Å². The number of nitrogens with two attached hydrogens (primary N) is 1. The Hall–Kier alpha value is -2.86. The minimum Gasteiger partial charge on any atom is -0.451 e. The van der Waals surface area contributed by atoms with E-state index >= 15 is 0 Å². The van der Waals surface area contributed by atoms with Crippen LogP contribution in [0, 0.1) is 5.41 Å². The van der Waals surface area contributed by atoms with Gasteiger partial charge in [-0.15, -0.1) is 0 Å². The molecule has 2 aromatic rings. The van der Waals surface area contributed by atoms with Gasteiger partial charge in [0.25, 0.3) is 0 Å². The highest BCUT2D eigenvalue weighted by Crippen LogP contribution is 2.21. The van der Waals surface area contributed by atoms with Crippen LogP contribution in [-0.2, 0) is 9.53 Å². The summed E-state index contributed by atoms with van der Waals surface area (Å²) in [5.41, 5.74) is 6.56. The molecule has 0 unspecified atom stereocenters. The largest absolute Gasteiger partial charge is 0.451 e. The van der Waals surface area contributed by atoms with Crippen LogP contribution in [-0.4, -0.2) is 23.8 Å². The molecule has 148 valence electrons. The van der Waals surface area contributed by atoms with E-state index in [0.717, 1.165) is 0 Å². The zero-order valence-corrected chi connectivity index (χ0v) is 17.0. The number of Topliss-reactive ketones (excluding diaryl/α,β-unsaturated/α-hetero) is 1. The van der Waals surface area contributed by atoms with Crippen LogP contribution >= 0.6 is 11.6 Å². The fourth-order valence-corrected chi connectivity index (χ4v) is 2.34. The Labute approximate surface area is 169 Å². The first-order valence-electron chi connectivity index (χ1n) is 8.71. The van der Waals surface area contributed by atoms with Crippen LogP contribution in [0.15, 0.2) is 42.5 Å². The molecule has 0 bridgehead atoms. The number of esters is 1. The minimum absolute atomic E-state index is 0.129. The normalized spacial score (nSPS) is 12.2. The molecule has 3 N–H and O–H groups in total. The van der Waals surface area contributed by atoms with Crippen molar-refractivity contribution in [1.29, 1.82) is 0 Å². The molecule has 0 spiro atoms. The van der Waals surface area contributed by atoms with E-state index in [4.69, 9.17) is 22.1 Å². The molecule has 0 saturated heterocycles. The molecule has 0 aromatic heterocycles. The zero-order chi connectivity index (χ0) is 21.1. The van der Waals surface area contributed by atoms with E-state index in [9.17, 15) is 14.4 Å². The summed E-state index contributed by atoms with van der Waals surface area (Å²) in [5, 5.41) is 3.12. The van der Waals surface area contributed by atoms with Gasteiger partial charge in [-0.1, -0.05) is 32.4 Å². The predicted molar refractivity (Wildman–Crippen MR) is 110 cm³/mol. The Balaban J connectivity index is 2.03. The van der Waals surface area contributed by atoms with Crippen LogP contribution < -0.4 is 11.1 Å². The first-order valence-corrected chi connectivity index (χ1v) is 9.08. The number of halogens is 1. The van der Waals surface area contributed by atoms with Crippen molar-refractivity contribution in [2.24, 2.45) is 5.41 Å². The van der Waals surface area contributed by atoms with Gasteiger partial charge in [-0.2, -0.15) is 0 Å². The molecule has 6 nitrogen and oxygen atoms in total. The quantitative estimate of drug-likeness (QED) is 0.440. The highest BCUT2D eigenvalue weighted by Gasteiger charge is 2.23. The number of anilines is 2. The minimum atomic E-state index is -0.987. The first kappa shape index (κ1) is 21.4. The lowest BCUT2D eigenvalue weighted by Gasteiger charge is -2.18. The maximum Gasteiger partial charge on any atom is 0.338 e. The molecule has 0 radical (unpaired) electrons. The number of ether oxygens (including phenoxy) is 1. The Bertz CT molecular complexity index is 902. The van der Waals surface area contributed by atoms with E-state index in [0.29, 0.717) is 16.3 Å². The van der Waals surface area contributed by atoms with Gasteiger partial charge in [-0.05, 0) is 49.4 Å². The first-order chi connectivity index (χ1) is 13.0. The van der Waals surface area contributed by atoms with Crippen LogP contribution in [0.25, 0.3) is 0 Å². The molecule has 2 aromatic carbocycles. The van der Waals surface area contributed by atoms with Crippen molar-refractivity contribution in [2.45, 2.75) is 33.8 Å². The molecule has 0 fully saturated rings. The van der Waals surface area contributed by atoms with E-state index < -0.39 is 17.5 Å². The van der Waals surface area contributed by atoms with E-state index in [1.807, 2.05) is 20.8 Å². The zero-order valence-electron chi connectivity index (χ0n) is 16.2. The summed E-state index contributed by atoms with van der Waals surface area (Å²) in [6, 6.07) is 10.8. The van der Waals surface area contributed by atoms with Crippen molar-refractivity contribution < 1.29 is 19.1 Å². The van der Waals surface area contributed by atoms with Gasteiger partial charge in [0, 0.05) is 16.7 Å². The van der Waals surface area contributed by atoms with Crippen molar-refractivity contribution in [3.8, 4) is 0 Å². The lowest BCUT2D eigenvalue weighted by atomic mass is 9.95. The molecule has 0 aliphatic rings. The number of carbonyl (C=O) groups is 3. The van der Waals surface area contributed by atoms with Crippen LogP contribution in [0.1, 0.15) is 48.4 Å². The average Bonchev–Trinajstić information content (AvgIpc) is 2.63. The fraction of sp³-hybridized carbons (Fsp3) is 0.286. The third kappa shape index (κ3) is 5.33. The molecule has 2 rings (SSSR count). The summed E-state index contributed by atoms with van der Waals surface area (Å²) >= 11 is 5.83. The second-order valence-electron chi connectivity index (χ2n) is 7.43. The van der Waals surface area contributed by atoms with Crippen molar-refractivity contribution in [3.05, 3.63) is 58.6 Å². The predicted octanol–water partition coefficient (Wildman–Crippen LogP) is 4.34. The Morgan fingerprint density at radius 2 is 1.61 bits per heavy atom. The molecule has 0 aliphatic heterocycles. The Kier molecular flexibility index (Phi) is 6.46. The Morgan fingerprint density at radius 3 is 2.14 bits per heavy atom. The van der Waals surface area contributed by atoms with Crippen LogP contribution in [0.4, 0.5) is 11.4 Å². The maximum absolute atomic E-state index is 12.5. The number of carbonyl (C=O) groups excluding carboxylic acids is 3. The number of ketones is 1. The van der Waals surface area contributed by atoms with Gasteiger partial charge in [-0.3, -0.25) is 9.59 Å². The van der Waals surface area contributed by atoms with E-state index in [1.54, 1.807) is 24.3 Å². The van der Waals surface area contributed by atoms with E-state index in [1.165, 1.54) is 25.1 Å². The molecule has 1 atom stereocenters. The summed E-state index contributed by atoms with van der Waals surface area (Å²) in [6.07, 6.45) is -0.987. The van der Waals surface area contributed by atoms with Gasteiger partial charge >= 0.3 is 5.97 Å². The summed E-state index contributed by atoms with van der Waals surface area (Å²) in [4.78, 5) is 36.7. The molecule has 1 amide bonds. The highest BCUT2D eigenvalue weighted by molar-refractivity contribution is 6.33. The van der Waals surface area contributed by atoms with Crippen LogP contribution in [0.5, 0.6) is 0 Å². The van der Waals surface area contributed by atoms with Gasteiger partial charge in [0.05, 0.1) is 16.3 Å². The van der Waals surface area contributed by atoms with Crippen molar-refractivity contribution >= 4 is 40.6 Å². The third-order valence-electron chi connectivity index (χ3n) is 3.99. The number of nitrogen functional groups attached to an aromatic ring is 1. The monoisotopic (exact) mass is 402 g/mol. The smallest absolute Gasteiger partial charge is 0.338 e. The summed E-state index contributed by atoms with van der Waals surface area (Å²) < 4.78 is 5.23. The molecule has 0 saturated carbocycles. The van der Waals surface area contributed by atoms with E-state index in [-0.39, 0.29) is 22.9 Å². The van der Waals surface area contributed by atoms with Gasteiger partial charge in [-0.25, -0.2) is 4.79 Å². The second kappa shape index (κ2) is 8.44. The van der Waals surface area contributed by atoms with Gasteiger partial charge in [0.1, 0.15) is 0 Å². The van der Waals surface area contributed by atoms with Gasteiger partial charge in [0.2, 0.25) is 11.7 Å². The summed E-state index contributed by atoms with van der Waals surface area (Å²) in [7, 11) is 0. The van der Waals surface area contributed by atoms with Gasteiger partial charge < -0.3 is 15.8 Å². The molecule has 0 aliphatic carbocycles. The number of amides is 1. The lowest BCUT2D eigenvalue weighted by Crippen LogP contribution is -2.27. The molecule has 28 heavy (non-hydrogen) atoms. The molecule has 0 heterocycles. The Morgan fingerprint density at radius 1 is 1.04 bits per heavy atom. The average molecular weight is 403 g/mol. The lowest BCUT2D eigenvalue weighted by molar-refractivity contribution is -0.123. The van der Waals surface area contributed by atoms with Gasteiger partial charge in [0.15, 0.2) is 6.10 Å². The molecular weight excluding hydrogens is 380 g/mol. The molecular formula is C21H23ClN2O4. The standard InChI is InChI=1S/C21H23ClN2O4/c1-12(28-19(26)14-7-10-16(22)17(23)11-14)18(25)13-5-8-15(9-6-13)24-20(27)21(2,3)4/h5-12H,23H2,1-4H3,(H,24,27)/t12-/m0/s1. The molecule has 7 heteroatoms. The van der Waals surface area contributed by atoms with Crippen molar-refractivity contribution in [1.82, 2.24) is 0 Å². The summed E-state index contributed by atoms with van der Waals surface area (Å²) in [6.45, 7) is 6.93. The van der Waals surface area contributed by atoms with Crippen LogP contribution in [0.2, 0.25) is 5.02 Å². The topological polar surface area (TPSA) is 98.5 Å². The number of hydrogen-bond acceptors (Lipinski definition) is 5. The third-order valence-corrected chi connectivity index (χ3v) is 4.34.